The van der Waals surface area contributed by atoms with Crippen LogP contribution in [0.3, 0.4) is 0 Å². The number of carbonyl (C=O) groups excluding carboxylic acids is 1. The molecule has 0 bridgehead atoms. The molecule has 4 rings (SSSR count). The number of anilines is 1. The first kappa shape index (κ1) is 16.1. The SMILES string of the molecule is O=C(Cc1cn2ccsc2n1)NCc1ccc(N2CCCCC2)cc1. The van der Waals surface area contributed by atoms with E-state index in [0.717, 1.165) is 29.3 Å². The topological polar surface area (TPSA) is 49.6 Å². The predicted molar refractivity (Wildman–Crippen MR) is 101 cm³/mol. The average Bonchev–Trinajstić information content (AvgIpc) is 3.23. The van der Waals surface area contributed by atoms with Crippen LogP contribution in [-0.4, -0.2) is 28.4 Å². The number of nitrogens with one attached hydrogen (secondary N) is 1. The van der Waals surface area contributed by atoms with Crippen LogP contribution in [0.1, 0.15) is 30.5 Å². The second-order valence-electron chi connectivity index (χ2n) is 6.49. The summed E-state index contributed by atoms with van der Waals surface area (Å²) in [6.45, 7) is 2.86. The molecule has 1 saturated heterocycles. The van der Waals surface area contributed by atoms with Crippen molar-refractivity contribution in [2.24, 2.45) is 0 Å². The molecule has 1 aliphatic heterocycles. The highest BCUT2D eigenvalue weighted by atomic mass is 32.1. The van der Waals surface area contributed by atoms with Gasteiger partial charge >= 0.3 is 0 Å². The van der Waals surface area contributed by atoms with Gasteiger partial charge < -0.3 is 10.2 Å². The lowest BCUT2D eigenvalue weighted by atomic mass is 10.1. The number of benzene rings is 1. The van der Waals surface area contributed by atoms with Gasteiger partial charge in [0.25, 0.3) is 0 Å². The lowest BCUT2D eigenvalue weighted by Gasteiger charge is -2.28. The maximum atomic E-state index is 12.1. The normalized spacial score (nSPS) is 14.8. The molecule has 0 saturated carbocycles. The molecule has 6 heteroatoms. The number of carbonyl (C=O) groups is 1. The third-order valence-corrected chi connectivity index (χ3v) is 5.40. The molecule has 1 fully saturated rings. The predicted octanol–water partition coefficient (Wildman–Crippen LogP) is 3.25. The Kier molecular flexibility index (Phi) is 4.70. The molecular weight excluding hydrogens is 332 g/mol. The van der Waals surface area contributed by atoms with Gasteiger partial charge in [0.1, 0.15) is 0 Å². The van der Waals surface area contributed by atoms with E-state index in [1.165, 1.54) is 24.9 Å². The summed E-state index contributed by atoms with van der Waals surface area (Å²) in [5.74, 6) is 0.00543. The zero-order chi connectivity index (χ0) is 17.1. The van der Waals surface area contributed by atoms with Crippen molar-refractivity contribution in [3.63, 3.8) is 0 Å². The maximum Gasteiger partial charge on any atom is 0.226 e. The molecule has 25 heavy (non-hydrogen) atoms. The molecule has 0 aliphatic carbocycles. The number of thiazole rings is 1. The Labute approximate surface area is 151 Å². The van der Waals surface area contributed by atoms with E-state index in [2.05, 4.69) is 39.5 Å². The quantitative estimate of drug-likeness (QED) is 0.765. The van der Waals surface area contributed by atoms with Crippen molar-refractivity contribution in [3.8, 4) is 0 Å². The molecule has 130 valence electrons. The molecule has 1 aromatic carbocycles. The number of amides is 1. The van der Waals surface area contributed by atoms with Crippen LogP contribution in [0.4, 0.5) is 5.69 Å². The summed E-state index contributed by atoms with van der Waals surface area (Å²) in [6, 6.07) is 8.54. The fourth-order valence-corrected chi connectivity index (χ4v) is 3.98. The number of rotatable bonds is 5. The molecule has 1 N–H and O–H groups in total. The van der Waals surface area contributed by atoms with E-state index in [1.807, 2.05) is 22.2 Å². The van der Waals surface area contributed by atoms with Gasteiger partial charge in [-0.05, 0) is 37.0 Å². The Bertz CT molecular complexity index is 817. The smallest absolute Gasteiger partial charge is 0.226 e. The van der Waals surface area contributed by atoms with Gasteiger partial charge in [-0.2, -0.15) is 0 Å². The van der Waals surface area contributed by atoms with Gasteiger partial charge in [-0.1, -0.05) is 12.1 Å². The van der Waals surface area contributed by atoms with E-state index >= 15 is 0 Å². The largest absolute Gasteiger partial charge is 0.372 e. The molecule has 3 aromatic rings. The molecule has 0 radical (unpaired) electrons. The zero-order valence-corrected chi connectivity index (χ0v) is 15.0. The molecular formula is C19H22N4OS. The highest BCUT2D eigenvalue weighted by molar-refractivity contribution is 7.15. The summed E-state index contributed by atoms with van der Waals surface area (Å²) in [7, 11) is 0. The molecule has 2 aromatic heterocycles. The zero-order valence-electron chi connectivity index (χ0n) is 14.1. The summed E-state index contributed by atoms with van der Waals surface area (Å²) >= 11 is 1.57. The van der Waals surface area contributed by atoms with Crippen LogP contribution >= 0.6 is 11.3 Å². The van der Waals surface area contributed by atoms with Crippen molar-refractivity contribution in [2.75, 3.05) is 18.0 Å². The first-order valence-electron chi connectivity index (χ1n) is 8.79. The third kappa shape index (κ3) is 3.85. The molecule has 1 aliphatic rings. The van der Waals surface area contributed by atoms with Gasteiger partial charge in [0.2, 0.25) is 5.91 Å². The van der Waals surface area contributed by atoms with Crippen molar-refractivity contribution in [1.29, 1.82) is 0 Å². The Morgan fingerprint density at radius 3 is 2.72 bits per heavy atom. The summed E-state index contributed by atoms with van der Waals surface area (Å²) < 4.78 is 1.95. The fourth-order valence-electron chi connectivity index (χ4n) is 3.27. The highest BCUT2D eigenvalue weighted by Crippen LogP contribution is 2.20. The van der Waals surface area contributed by atoms with Gasteiger partial charge in [0.05, 0.1) is 12.1 Å². The minimum absolute atomic E-state index is 0.00543. The number of imidazole rings is 1. The van der Waals surface area contributed by atoms with E-state index in [0.29, 0.717) is 13.0 Å². The summed E-state index contributed by atoms with van der Waals surface area (Å²) in [5.41, 5.74) is 3.22. The van der Waals surface area contributed by atoms with Gasteiger partial charge in [-0.15, -0.1) is 11.3 Å². The molecule has 1 amide bonds. The minimum Gasteiger partial charge on any atom is -0.372 e. The fraction of sp³-hybridized carbons (Fsp3) is 0.368. The second kappa shape index (κ2) is 7.27. The second-order valence-corrected chi connectivity index (χ2v) is 7.37. The van der Waals surface area contributed by atoms with Crippen LogP contribution in [0.25, 0.3) is 4.96 Å². The van der Waals surface area contributed by atoms with E-state index < -0.39 is 0 Å². The Morgan fingerprint density at radius 2 is 1.96 bits per heavy atom. The monoisotopic (exact) mass is 354 g/mol. The van der Waals surface area contributed by atoms with Crippen LogP contribution in [0.15, 0.2) is 42.0 Å². The molecule has 0 unspecified atom stereocenters. The van der Waals surface area contributed by atoms with Gasteiger partial charge in [-0.25, -0.2) is 4.98 Å². The molecule has 0 spiro atoms. The summed E-state index contributed by atoms with van der Waals surface area (Å²) in [6.07, 6.45) is 8.10. The van der Waals surface area contributed by atoms with Crippen LogP contribution in [0, 0.1) is 0 Å². The third-order valence-electron chi connectivity index (χ3n) is 4.63. The van der Waals surface area contributed by atoms with Crippen molar-refractivity contribution >= 4 is 27.9 Å². The number of hydrogen-bond acceptors (Lipinski definition) is 4. The standard InChI is InChI=1S/C19H22N4OS/c24-18(12-16-14-23-10-11-25-19(23)21-16)20-13-15-4-6-17(7-5-15)22-8-2-1-3-9-22/h4-7,10-11,14H,1-3,8-9,12-13H2,(H,20,24). The van der Waals surface area contributed by atoms with Crippen molar-refractivity contribution < 1.29 is 4.79 Å². The minimum atomic E-state index is 0.00543. The van der Waals surface area contributed by atoms with Gasteiger partial charge in [0.15, 0.2) is 4.96 Å². The Morgan fingerprint density at radius 1 is 1.16 bits per heavy atom. The number of piperidine rings is 1. The van der Waals surface area contributed by atoms with Gasteiger partial charge in [0, 0.05) is 43.1 Å². The summed E-state index contributed by atoms with van der Waals surface area (Å²) in [4.78, 5) is 19.9. The lowest BCUT2D eigenvalue weighted by molar-refractivity contribution is -0.120. The first-order chi connectivity index (χ1) is 12.3. The molecule has 0 atom stereocenters. The Hall–Kier alpha value is -2.34. The Balaban J connectivity index is 1.29. The van der Waals surface area contributed by atoms with Crippen LogP contribution in [-0.2, 0) is 17.8 Å². The highest BCUT2D eigenvalue weighted by Gasteiger charge is 2.11. The van der Waals surface area contributed by atoms with Crippen molar-refractivity contribution in [3.05, 3.63) is 53.3 Å². The van der Waals surface area contributed by atoms with Crippen molar-refractivity contribution in [2.45, 2.75) is 32.2 Å². The summed E-state index contributed by atoms with van der Waals surface area (Å²) in [5, 5.41) is 4.97. The van der Waals surface area contributed by atoms with E-state index in [-0.39, 0.29) is 5.91 Å². The van der Waals surface area contributed by atoms with Crippen molar-refractivity contribution in [1.82, 2.24) is 14.7 Å². The van der Waals surface area contributed by atoms with Crippen LogP contribution in [0.5, 0.6) is 0 Å². The van der Waals surface area contributed by atoms with Crippen LogP contribution in [0.2, 0.25) is 0 Å². The number of fused-ring (bicyclic) bond motifs is 1. The van der Waals surface area contributed by atoms with E-state index in [9.17, 15) is 4.79 Å². The lowest BCUT2D eigenvalue weighted by Crippen LogP contribution is -2.29. The average molecular weight is 354 g/mol. The number of nitrogens with zero attached hydrogens (tertiary/aromatic N) is 3. The van der Waals surface area contributed by atoms with E-state index in [4.69, 9.17) is 0 Å². The van der Waals surface area contributed by atoms with E-state index in [1.54, 1.807) is 11.3 Å². The maximum absolute atomic E-state index is 12.1. The molecule has 3 heterocycles. The van der Waals surface area contributed by atoms with Gasteiger partial charge in [-0.3, -0.25) is 9.20 Å². The molecule has 5 nitrogen and oxygen atoms in total. The number of aromatic nitrogens is 2. The van der Waals surface area contributed by atoms with Crippen LogP contribution < -0.4 is 10.2 Å². The first-order valence-corrected chi connectivity index (χ1v) is 9.67. The number of hydrogen-bond donors (Lipinski definition) is 1.